The molecular formula is C16H18N4O2S. The number of primary amides is 1. The smallest absolute Gasteiger partial charge is 0.275 e. The molecule has 0 radical (unpaired) electrons. The van der Waals surface area contributed by atoms with Gasteiger partial charge in [0.1, 0.15) is 16.5 Å². The summed E-state index contributed by atoms with van der Waals surface area (Å²) >= 11 is 1.45. The van der Waals surface area contributed by atoms with E-state index in [1.165, 1.54) is 17.5 Å². The zero-order valence-corrected chi connectivity index (χ0v) is 13.7. The van der Waals surface area contributed by atoms with E-state index in [1.54, 1.807) is 13.0 Å². The second-order valence-corrected chi connectivity index (χ2v) is 6.68. The van der Waals surface area contributed by atoms with Crippen LogP contribution in [0.2, 0.25) is 0 Å². The lowest BCUT2D eigenvalue weighted by atomic mass is 10.1. The molecule has 0 saturated heterocycles. The Morgan fingerprint density at radius 1 is 1.26 bits per heavy atom. The highest BCUT2D eigenvalue weighted by molar-refractivity contribution is 7.17. The van der Waals surface area contributed by atoms with E-state index >= 15 is 0 Å². The number of anilines is 1. The van der Waals surface area contributed by atoms with Gasteiger partial charge in [-0.3, -0.25) is 9.59 Å². The first-order valence-electron chi connectivity index (χ1n) is 7.61. The van der Waals surface area contributed by atoms with Gasteiger partial charge in [-0.2, -0.15) is 0 Å². The number of carbonyl (C=O) groups is 2. The van der Waals surface area contributed by atoms with E-state index in [2.05, 4.69) is 15.3 Å². The summed E-state index contributed by atoms with van der Waals surface area (Å²) in [5.74, 6) is -0.317. The van der Waals surface area contributed by atoms with Crippen molar-refractivity contribution < 1.29 is 9.59 Å². The van der Waals surface area contributed by atoms with Gasteiger partial charge >= 0.3 is 0 Å². The largest absolute Gasteiger partial charge is 0.365 e. The third-order valence-corrected chi connectivity index (χ3v) is 5.11. The minimum atomic E-state index is -0.487. The molecule has 1 aliphatic carbocycles. The number of thiophene rings is 1. The van der Waals surface area contributed by atoms with Crippen LogP contribution in [0, 0.1) is 6.92 Å². The Morgan fingerprint density at radius 2 is 2.04 bits per heavy atom. The first kappa shape index (κ1) is 15.6. The van der Waals surface area contributed by atoms with Crippen molar-refractivity contribution in [2.45, 2.75) is 39.0 Å². The van der Waals surface area contributed by atoms with Crippen LogP contribution in [0.3, 0.4) is 0 Å². The molecule has 3 N–H and O–H groups in total. The average Bonchev–Trinajstić information content (AvgIpc) is 2.69. The number of nitrogens with one attached hydrogen (secondary N) is 1. The fraction of sp³-hybridized carbons (Fsp3) is 0.375. The molecule has 0 unspecified atom stereocenters. The Bertz CT molecular complexity index is 769. The standard InChI is InChI=1S/C16H18N4O2S/c1-9-18-8-7-11(19-9)15(22)20-16-13(14(17)21)10-5-3-2-4-6-12(10)23-16/h7-8H,2-6H2,1H3,(H2,17,21)(H,20,22). The number of rotatable bonds is 3. The molecule has 7 heteroatoms. The summed E-state index contributed by atoms with van der Waals surface area (Å²) in [6.07, 6.45) is 6.61. The van der Waals surface area contributed by atoms with Crippen LogP contribution >= 0.6 is 11.3 Å². The number of aromatic nitrogens is 2. The van der Waals surface area contributed by atoms with E-state index in [-0.39, 0.29) is 11.6 Å². The lowest BCUT2D eigenvalue weighted by Crippen LogP contribution is -2.19. The zero-order chi connectivity index (χ0) is 16.4. The van der Waals surface area contributed by atoms with Gasteiger partial charge in [-0.25, -0.2) is 9.97 Å². The van der Waals surface area contributed by atoms with Gasteiger partial charge in [0, 0.05) is 11.1 Å². The third kappa shape index (κ3) is 3.24. The summed E-state index contributed by atoms with van der Waals surface area (Å²) in [6.45, 7) is 1.72. The number of carbonyl (C=O) groups excluding carboxylic acids is 2. The Kier molecular flexibility index (Phi) is 4.38. The molecule has 0 bridgehead atoms. The summed E-state index contributed by atoms with van der Waals surface area (Å²) in [5, 5.41) is 3.33. The highest BCUT2D eigenvalue weighted by atomic mass is 32.1. The van der Waals surface area contributed by atoms with Gasteiger partial charge in [0.25, 0.3) is 11.8 Å². The number of nitrogens with zero attached hydrogens (tertiary/aromatic N) is 2. The van der Waals surface area contributed by atoms with Gasteiger partial charge in [-0.05, 0) is 44.2 Å². The number of fused-ring (bicyclic) bond motifs is 1. The van der Waals surface area contributed by atoms with Crippen LogP contribution in [0.25, 0.3) is 0 Å². The van der Waals surface area contributed by atoms with Crippen molar-refractivity contribution in [2.75, 3.05) is 5.32 Å². The SMILES string of the molecule is Cc1nccc(C(=O)Nc2sc3c(c2C(N)=O)CCCCC3)n1. The predicted molar refractivity (Wildman–Crippen MR) is 88.8 cm³/mol. The van der Waals surface area contributed by atoms with Crippen molar-refractivity contribution in [1.82, 2.24) is 9.97 Å². The van der Waals surface area contributed by atoms with Crippen LogP contribution in [0.1, 0.15) is 56.4 Å². The molecule has 2 aromatic heterocycles. The molecule has 2 aromatic rings. The second kappa shape index (κ2) is 6.45. The summed E-state index contributed by atoms with van der Waals surface area (Å²) in [6, 6.07) is 1.55. The van der Waals surface area contributed by atoms with Gasteiger partial charge in [-0.15, -0.1) is 11.3 Å². The number of amides is 2. The molecule has 120 valence electrons. The molecule has 0 aliphatic heterocycles. The number of hydrogen-bond donors (Lipinski definition) is 2. The Labute approximate surface area is 138 Å². The maximum atomic E-state index is 12.4. The summed E-state index contributed by atoms with van der Waals surface area (Å²) in [4.78, 5) is 33.5. The quantitative estimate of drug-likeness (QED) is 0.845. The Balaban J connectivity index is 1.93. The Hall–Kier alpha value is -2.28. The molecule has 3 rings (SSSR count). The van der Waals surface area contributed by atoms with Gasteiger partial charge in [-0.1, -0.05) is 6.42 Å². The Morgan fingerprint density at radius 3 is 2.78 bits per heavy atom. The second-order valence-electron chi connectivity index (χ2n) is 5.58. The normalized spacial score (nSPS) is 14.0. The van der Waals surface area contributed by atoms with Crippen molar-refractivity contribution in [2.24, 2.45) is 5.73 Å². The lowest BCUT2D eigenvalue weighted by Gasteiger charge is -2.06. The fourth-order valence-corrected chi connectivity index (χ4v) is 4.13. The van der Waals surface area contributed by atoms with Crippen LogP contribution < -0.4 is 11.1 Å². The molecular weight excluding hydrogens is 312 g/mol. The van der Waals surface area contributed by atoms with Crippen molar-refractivity contribution in [3.05, 3.63) is 39.8 Å². The van der Waals surface area contributed by atoms with Crippen molar-refractivity contribution in [3.63, 3.8) is 0 Å². The van der Waals surface area contributed by atoms with Crippen LogP contribution in [-0.2, 0) is 12.8 Å². The molecule has 6 nitrogen and oxygen atoms in total. The van der Waals surface area contributed by atoms with Crippen LogP contribution in [0.4, 0.5) is 5.00 Å². The van der Waals surface area contributed by atoms with E-state index in [9.17, 15) is 9.59 Å². The first-order valence-corrected chi connectivity index (χ1v) is 8.43. The van der Waals surface area contributed by atoms with Crippen molar-refractivity contribution >= 4 is 28.2 Å². The molecule has 0 atom stereocenters. The highest BCUT2D eigenvalue weighted by Gasteiger charge is 2.24. The molecule has 1 aliphatic rings. The van der Waals surface area contributed by atoms with E-state index in [0.29, 0.717) is 16.4 Å². The molecule has 2 amide bonds. The van der Waals surface area contributed by atoms with E-state index < -0.39 is 5.91 Å². The molecule has 23 heavy (non-hydrogen) atoms. The summed E-state index contributed by atoms with van der Waals surface area (Å²) in [7, 11) is 0. The maximum Gasteiger partial charge on any atom is 0.275 e. The summed E-state index contributed by atoms with van der Waals surface area (Å²) in [5.41, 5.74) is 7.31. The summed E-state index contributed by atoms with van der Waals surface area (Å²) < 4.78 is 0. The molecule has 2 heterocycles. The topological polar surface area (TPSA) is 98.0 Å². The van der Waals surface area contributed by atoms with Crippen molar-refractivity contribution in [1.29, 1.82) is 0 Å². The maximum absolute atomic E-state index is 12.4. The number of hydrogen-bond acceptors (Lipinski definition) is 5. The van der Waals surface area contributed by atoms with Crippen LogP contribution in [0.5, 0.6) is 0 Å². The first-order chi connectivity index (χ1) is 11.1. The van der Waals surface area contributed by atoms with Gasteiger partial charge in [0.15, 0.2) is 0 Å². The number of aryl methyl sites for hydroxylation is 2. The molecule has 0 aromatic carbocycles. The van der Waals surface area contributed by atoms with Gasteiger partial charge < -0.3 is 11.1 Å². The molecule has 0 spiro atoms. The minimum Gasteiger partial charge on any atom is -0.365 e. The van der Waals surface area contributed by atoms with Gasteiger partial charge in [0.2, 0.25) is 0 Å². The van der Waals surface area contributed by atoms with Crippen LogP contribution in [-0.4, -0.2) is 21.8 Å². The minimum absolute atomic E-state index is 0.275. The monoisotopic (exact) mass is 330 g/mol. The van der Waals surface area contributed by atoms with E-state index in [1.807, 2.05) is 0 Å². The average molecular weight is 330 g/mol. The number of nitrogens with two attached hydrogens (primary N) is 1. The third-order valence-electron chi connectivity index (χ3n) is 3.90. The van der Waals surface area contributed by atoms with Gasteiger partial charge in [0.05, 0.1) is 5.56 Å². The fourth-order valence-electron chi connectivity index (χ4n) is 2.84. The van der Waals surface area contributed by atoms with Crippen LogP contribution in [0.15, 0.2) is 12.3 Å². The highest BCUT2D eigenvalue weighted by Crippen LogP contribution is 2.37. The lowest BCUT2D eigenvalue weighted by molar-refractivity contribution is 0.100. The molecule has 0 saturated carbocycles. The van der Waals surface area contributed by atoms with Crippen molar-refractivity contribution in [3.8, 4) is 0 Å². The zero-order valence-electron chi connectivity index (χ0n) is 12.9. The predicted octanol–water partition coefficient (Wildman–Crippen LogP) is 2.47. The van der Waals surface area contributed by atoms with E-state index in [0.717, 1.165) is 42.5 Å². The van der Waals surface area contributed by atoms with E-state index in [4.69, 9.17) is 5.73 Å². The molecule has 0 fully saturated rings.